The quantitative estimate of drug-likeness (QED) is 0.648. The van der Waals surface area contributed by atoms with E-state index < -0.39 is 0 Å². The molecule has 3 atom stereocenters. The van der Waals surface area contributed by atoms with Crippen LogP contribution in [0.3, 0.4) is 0 Å². The minimum atomic E-state index is -0.373. The Kier molecular flexibility index (Phi) is 2.27. The summed E-state index contributed by atoms with van der Waals surface area (Å²) in [6.07, 6.45) is 5.12. The van der Waals surface area contributed by atoms with Crippen LogP contribution in [0.25, 0.3) is 0 Å². The zero-order chi connectivity index (χ0) is 12.3. The van der Waals surface area contributed by atoms with Crippen LogP contribution in [-0.2, 0) is 4.74 Å². The molecule has 0 radical (unpaired) electrons. The van der Waals surface area contributed by atoms with E-state index in [1.165, 1.54) is 25.7 Å². The second-order valence-corrected chi connectivity index (χ2v) is 7.08. The summed E-state index contributed by atoms with van der Waals surface area (Å²) >= 11 is 0. The molecule has 3 rings (SSSR count). The van der Waals surface area contributed by atoms with Gasteiger partial charge in [0.15, 0.2) is 0 Å². The SMILES string of the molecule is CC(C)(C)OC(=O)N1CC[C@@H]2CC23C[C@@H]3CC1. The summed E-state index contributed by atoms with van der Waals surface area (Å²) < 4.78 is 5.46. The summed E-state index contributed by atoms with van der Waals surface area (Å²) in [5.41, 5.74) is 0.391. The smallest absolute Gasteiger partial charge is 0.410 e. The first kappa shape index (κ1) is 11.4. The van der Waals surface area contributed by atoms with Crippen LogP contribution in [0.5, 0.6) is 0 Å². The van der Waals surface area contributed by atoms with E-state index >= 15 is 0 Å². The molecule has 2 aliphatic carbocycles. The molecule has 3 aliphatic rings. The fraction of sp³-hybridized carbons (Fsp3) is 0.929. The Balaban J connectivity index is 1.58. The molecule has 3 nitrogen and oxygen atoms in total. The Morgan fingerprint density at radius 1 is 1.18 bits per heavy atom. The Morgan fingerprint density at radius 2 is 1.71 bits per heavy atom. The molecule has 2 saturated carbocycles. The van der Waals surface area contributed by atoms with Crippen molar-refractivity contribution in [1.29, 1.82) is 0 Å². The van der Waals surface area contributed by atoms with Crippen LogP contribution in [0.1, 0.15) is 46.5 Å². The van der Waals surface area contributed by atoms with Crippen LogP contribution in [0.4, 0.5) is 4.79 Å². The molecule has 1 heterocycles. The second-order valence-electron chi connectivity index (χ2n) is 7.08. The fourth-order valence-corrected chi connectivity index (χ4v) is 3.57. The third kappa shape index (κ3) is 2.04. The summed E-state index contributed by atoms with van der Waals surface area (Å²) in [4.78, 5) is 13.9. The number of amides is 1. The zero-order valence-electron chi connectivity index (χ0n) is 11.2. The Bertz CT molecular complexity index is 325. The van der Waals surface area contributed by atoms with E-state index in [0.717, 1.165) is 30.3 Å². The van der Waals surface area contributed by atoms with Crippen molar-refractivity contribution in [3.05, 3.63) is 0 Å². The van der Waals surface area contributed by atoms with Gasteiger partial charge in [-0.15, -0.1) is 0 Å². The van der Waals surface area contributed by atoms with E-state index in [9.17, 15) is 4.79 Å². The third-order valence-electron chi connectivity index (χ3n) is 4.71. The first-order valence-corrected chi connectivity index (χ1v) is 6.89. The molecule has 0 N–H and O–H groups in total. The highest BCUT2D eigenvalue weighted by atomic mass is 16.6. The fourth-order valence-electron chi connectivity index (χ4n) is 3.57. The number of carbonyl (C=O) groups excluding carboxylic acids is 1. The predicted molar refractivity (Wildman–Crippen MR) is 65.7 cm³/mol. The van der Waals surface area contributed by atoms with Gasteiger partial charge < -0.3 is 9.64 Å². The van der Waals surface area contributed by atoms with Gasteiger partial charge >= 0.3 is 6.09 Å². The molecule has 0 aromatic heterocycles. The summed E-state index contributed by atoms with van der Waals surface area (Å²) in [7, 11) is 0. The molecule has 0 aromatic rings. The molecule has 1 amide bonds. The lowest BCUT2D eigenvalue weighted by Crippen LogP contribution is -2.38. The van der Waals surface area contributed by atoms with Gasteiger partial charge in [0, 0.05) is 13.1 Å². The normalized spacial score (nSPS) is 39.6. The summed E-state index contributed by atoms with van der Waals surface area (Å²) in [5, 5.41) is 0. The van der Waals surface area contributed by atoms with Crippen molar-refractivity contribution in [2.45, 2.75) is 52.1 Å². The van der Waals surface area contributed by atoms with E-state index in [1.54, 1.807) is 0 Å². The standard InChI is InChI=1S/C14H23NO2/c1-13(2,3)17-12(16)15-6-4-10-8-14(10)9-11(14)5-7-15/h10-11H,4-9H2,1-3H3/t10-,11+,14?. The van der Waals surface area contributed by atoms with Gasteiger partial charge in [0.1, 0.15) is 5.60 Å². The first-order chi connectivity index (χ1) is 7.91. The molecule has 0 bridgehead atoms. The van der Waals surface area contributed by atoms with Gasteiger partial charge in [-0.05, 0) is 63.7 Å². The highest BCUT2D eigenvalue weighted by Crippen LogP contribution is 2.76. The van der Waals surface area contributed by atoms with Crippen molar-refractivity contribution in [2.24, 2.45) is 17.3 Å². The van der Waals surface area contributed by atoms with Crippen molar-refractivity contribution >= 4 is 6.09 Å². The molecule has 1 spiro atoms. The molecular weight excluding hydrogens is 214 g/mol. The summed E-state index contributed by atoms with van der Waals surface area (Å²) in [6, 6.07) is 0. The van der Waals surface area contributed by atoms with Crippen molar-refractivity contribution in [2.75, 3.05) is 13.1 Å². The highest BCUT2D eigenvalue weighted by Gasteiger charge is 2.69. The third-order valence-corrected chi connectivity index (χ3v) is 4.71. The number of hydrogen-bond donors (Lipinski definition) is 0. The largest absolute Gasteiger partial charge is 0.444 e. The van der Waals surface area contributed by atoms with Gasteiger partial charge in [-0.1, -0.05) is 0 Å². The van der Waals surface area contributed by atoms with Crippen LogP contribution < -0.4 is 0 Å². The average Bonchev–Trinajstić information content (AvgIpc) is 3.04. The number of nitrogens with zero attached hydrogens (tertiary/aromatic N) is 1. The van der Waals surface area contributed by atoms with E-state index in [-0.39, 0.29) is 11.7 Å². The maximum atomic E-state index is 12.0. The maximum Gasteiger partial charge on any atom is 0.410 e. The lowest BCUT2D eigenvalue weighted by atomic mass is 10.1. The van der Waals surface area contributed by atoms with E-state index in [0.29, 0.717) is 0 Å². The van der Waals surface area contributed by atoms with Gasteiger partial charge in [-0.2, -0.15) is 0 Å². The monoisotopic (exact) mass is 237 g/mol. The van der Waals surface area contributed by atoms with Gasteiger partial charge in [0.25, 0.3) is 0 Å². The minimum Gasteiger partial charge on any atom is -0.444 e. The molecule has 96 valence electrons. The van der Waals surface area contributed by atoms with Crippen molar-refractivity contribution < 1.29 is 9.53 Å². The number of hydrogen-bond acceptors (Lipinski definition) is 2. The van der Waals surface area contributed by atoms with Crippen LogP contribution >= 0.6 is 0 Å². The maximum absolute atomic E-state index is 12.0. The number of carbonyl (C=O) groups is 1. The molecule has 3 heteroatoms. The zero-order valence-corrected chi connectivity index (χ0v) is 11.2. The molecule has 1 unspecified atom stereocenters. The Hall–Kier alpha value is -0.730. The highest BCUT2D eigenvalue weighted by molar-refractivity contribution is 5.68. The topological polar surface area (TPSA) is 29.5 Å². The molecule has 1 saturated heterocycles. The van der Waals surface area contributed by atoms with Crippen molar-refractivity contribution in [1.82, 2.24) is 4.90 Å². The van der Waals surface area contributed by atoms with Gasteiger partial charge in [0.05, 0.1) is 0 Å². The number of rotatable bonds is 0. The van der Waals surface area contributed by atoms with Crippen LogP contribution in [0.15, 0.2) is 0 Å². The van der Waals surface area contributed by atoms with Gasteiger partial charge in [-0.3, -0.25) is 0 Å². The summed E-state index contributed by atoms with van der Waals surface area (Å²) in [6.45, 7) is 7.59. The number of ether oxygens (including phenoxy) is 1. The lowest BCUT2D eigenvalue weighted by molar-refractivity contribution is 0.0233. The number of likely N-dealkylation sites (tertiary alicyclic amines) is 1. The molecule has 17 heavy (non-hydrogen) atoms. The minimum absolute atomic E-state index is 0.119. The average molecular weight is 237 g/mol. The van der Waals surface area contributed by atoms with Gasteiger partial charge in [-0.25, -0.2) is 4.79 Å². The molecule has 1 aliphatic heterocycles. The van der Waals surface area contributed by atoms with Crippen LogP contribution in [-0.4, -0.2) is 29.7 Å². The molecule has 0 aromatic carbocycles. The lowest BCUT2D eigenvalue weighted by Gasteiger charge is -2.28. The molecule has 3 fully saturated rings. The Labute approximate surface area is 104 Å². The van der Waals surface area contributed by atoms with Crippen LogP contribution in [0.2, 0.25) is 0 Å². The van der Waals surface area contributed by atoms with Crippen molar-refractivity contribution in [3.63, 3.8) is 0 Å². The van der Waals surface area contributed by atoms with E-state index in [2.05, 4.69) is 0 Å². The van der Waals surface area contributed by atoms with Crippen molar-refractivity contribution in [3.8, 4) is 0 Å². The predicted octanol–water partition coefficient (Wildman–Crippen LogP) is 3.04. The van der Waals surface area contributed by atoms with Gasteiger partial charge in [0.2, 0.25) is 0 Å². The first-order valence-electron chi connectivity index (χ1n) is 6.89. The van der Waals surface area contributed by atoms with Crippen LogP contribution in [0, 0.1) is 17.3 Å². The Morgan fingerprint density at radius 3 is 2.18 bits per heavy atom. The van der Waals surface area contributed by atoms with E-state index in [1.807, 2.05) is 25.7 Å². The summed E-state index contributed by atoms with van der Waals surface area (Å²) in [5.74, 6) is 1.83. The molecular formula is C14H23NO2. The van der Waals surface area contributed by atoms with E-state index in [4.69, 9.17) is 4.74 Å². The second kappa shape index (κ2) is 3.39.